The van der Waals surface area contributed by atoms with Crippen molar-refractivity contribution in [2.45, 2.75) is 118 Å². The van der Waals surface area contributed by atoms with E-state index in [4.69, 9.17) is 17.7 Å². The summed E-state index contributed by atoms with van der Waals surface area (Å²) in [7, 11) is -11.3. The summed E-state index contributed by atoms with van der Waals surface area (Å²) in [5.41, 5.74) is 24.9. The Bertz CT molecular complexity index is 4820. The average Bonchev–Trinajstić information content (AvgIpc) is 0.808. The molecule has 8 heteroatoms. The fourth-order valence-corrected chi connectivity index (χ4v) is 35.8. The molecule has 16 aromatic rings. The smallest absolute Gasteiger partial charge is 0.264 e. The van der Waals surface area contributed by atoms with E-state index in [-0.39, 0.29) is 11.8 Å². The molecule has 0 aliphatic rings. The van der Waals surface area contributed by atoms with Crippen molar-refractivity contribution in [3.05, 3.63) is 548 Å². The molecule has 0 aliphatic heterocycles. The van der Waals surface area contributed by atoms with Crippen LogP contribution in [-0.2, 0) is 72.5 Å². The average molecular weight is 1670 g/mol. The SMILES string of the molecule is Cc1cc(C(CC(c2ccc(O[Si](Cc3ccccc3)(Cc3ccccc3)Cc3ccccc3)c(C)c2)c2ccc(O[Si](Cc3ccccc3)(Cc3ccccc3)Cc3ccccc3)c(C)c2)c2ccc(O[Si](Cc3ccccc3)(Cc3ccccc3)Cc3ccccc3)c(C)c2)ccc1O[Si](Cc1ccccc1)(Cc1ccccc1)Cc1ccccc1. The first kappa shape index (κ1) is 84.2. The molecule has 16 rings (SSSR count). The zero-order valence-electron chi connectivity index (χ0n) is 71.5. The monoisotopic (exact) mass is 1670 g/mol. The molecule has 0 amide bonds. The van der Waals surface area contributed by atoms with Gasteiger partial charge in [-0.05, 0) is 170 Å². The summed E-state index contributed by atoms with van der Waals surface area (Å²) >= 11 is 0. The van der Waals surface area contributed by atoms with E-state index in [9.17, 15) is 0 Å². The van der Waals surface area contributed by atoms with Crippen molar-refractivity contribution in [3.63, 3.8) is 0 Å². The van der Waals surface area contributed by atoms with Crippen LogP contribution in [0.3, 0.4) is 0 Å². The van der Waals surface area contributed by atoms with Crippen LogP contribution >= 0.6 is 0 Å². The quantitative estimate of drug-likeness (QED) is 0.0362. The van der Waals surface area contributed by atoms with Crippen LogP contribution in [0.2, 0.25) is 0 Å². The van der Waals surface area contributed by atoms with Crippen molar-refractivity contribution >= 4 is 33.3 Å². The molecule has 0 unspecified atom stereocenters. The van der Waals surface area contributed by atoms with E-state index >= 15 is 0 Å². The van der Waals surface area contributed by atoms with Crippen molar-refractivity contribution in [2.24, 2.45) is 0 Å². The summed E-state index contributed by atoms with van der Waals surface area (Å²) < 4.78 is 32.2. The van der Waals surface area contributed by atoms with Crippen molar-refractivity contribution in [3.8, 4) is 23.0 Å². The van der Waals surface area contributed by atoms with Gasteiger partial charge in [-0.2, -0.15) is 0 Å². The highest BCUT2D eigenvalue weighted by atomic mass is 28.4. The molecule has 0 aromatic heterocycles. The van der Waals surface area contributed by atoms with Gasteiger partial charge in [0, 0.05) is 84.4 Å². The minimum Gasteiger partial charge on any atom is -0.542 e. The van der Waals surface area contributed by atoms with Crippen LogP contribution in [0.25, 0.3) is 0 Å². The molecule has 0 heterocycles. The normalized spacial score (nSPS) is 11.8. The predicted molar refractivity (Wildman–Crippen MR) is 520 cm³/mol. The molecule has 0 saturated carbocycles. The molecule has 0 aliphatic carbocycles. The molecule has 16 aromatic carbocycles. The van der Waals surface area contributed by atoms with Crippen LogP contribution in [0.1, 0.15) is 130 Å². The molecular weight excluding hydrogens is 1560 g/mol. The van der Waals surface area contributed by atoms with Crippen molar-refractivity contribution in [2.75, 3.05) is 0 Å². The second kappa shape index (κ2) is 40.5. The minimum absolute atomic E-state index is 0.131. The first-order valence-electron chi connectivity index (χ1n) is 44.0. The molecule has 4 nitrogen and oxygen atoms in total. The summed E-state index contributed by atoms with van der Waals surface area (Å²) in [6.07, 6.45) is 0.728. The van der Waals surface area contributed by atoms with E-state index in [1.807, 2.05) is 0 Å². The van der Waals surface area contributed by atoms with E-state index in [0.717, 1.165) is 124 Å². The zero-order valence-corrected chi connectivity index (χ0v) is 75.5. The number of benzene rings is 16. The Morgan fingerprint density at radius 3 is 0.398 bits per heavy atom. The van der Waals surface area contributed by atoms with Gasteiger partial charge < -0.3 is 17.7 Å². The van der Waals surface area contributed by atoms with Gasteiger partial charge in [0.25, 0.3) is 33.3 Å². The maximum Gasteiger partial charge on any atom is 0.264 e. The minimum atomic E-state index is -2.82. The van der Waals surface area contributed by atoms with Crippen LogP contribution in [0.4, 0.5) is 0 Å². The largest absolute Gasteiger partial charge is 0.542 e. The number of rotatable bonds is 38. The van der Waals surface area contributed by atoms with Gasteiger partial charge in [0.15, 0.2) is 0 Å². The molecule has 0 bridgehead atoms. The summed E-state index contributed by atoms with van der Waals surface area (Å²) in [4.78, 5) is 0. The summed E-state index contributed by atoms with van der Waals surface area (Å²) in [6, 6.07) is 172. The Kier molecular flexibility index (Phi) is 27.7. The van der Waals surface area contributed by atoms with E-state index in [0.29, 0.717) is 0 Å². The van der Waals surface area contributed by atoms with Crippen molar-refractivity contribution in [1.82, 2.24) is 0 Å². The van der Waals surface area contributed by atoms with E-state index in [1.54, 1.807) is 0 Å². The van der Waals surface area contributed by atoms with Crippen LogP contribution in [-0.4, -0.2) is 33.3 Å². The molecule has 0 N–H and O–H groups in total. The lowest BCUT2D eigenvalue weighted by molar-refractivity contribution is 0.519. The molecule has 0 atom stereocenters. The van der Waals surface area contributed by atoms with Gasteiger partial charge in [0.1, 0.15) is 23.0 Å². The second-order valence-corrected chi connectivity index (χ2v) is 49.1. The fraction of sp³-hybridized carbons (Fsp3) is 0.165. The topological polar surface area (TPSA) is 36.9 Å². The fourth-order valence-electron chi connectivity index (χ4n) is 18.9. The highest BCUT2D eigenvalue weighted by Crippen LogP contribution is 2.45. The Morgan fingerprint density at radius 1 is 0.163 bits per heavy atom. The summed E-state index contributed by atoms with van der Waals surface area (Å²) in [6.45, 7) is 9.15. The number of aryl methyl sites for hydroxylation is 4. The molecular formula is C115H112O4Si4. The van der Waals surface area contributed by atoms with Gasteiger partial charge in [-0.25, -0.2) is 0 Å². The maximum atomic E-state index is 8.04. The van der Waals surface area contributed by atoms with Gasteiger partial charge in [-0.1, -0.05) is 413 Å². The third kappa shape index (κ3) is 22.9. The Balaban J connectivity index is 0.857. The van der Waals surface area contributed by atoms with Gasteiger partial charge in [0.2, 0.25) is 0 Å². The first-order chi connectivity index (χ1) is 60.3. The molecule has 0 fully saturated rings. The lowest BCUT2D eigenvalue weighted by atomic mass is 9.77. The molecule has 0 saturated heterocycles. The van der Waals surface area contributed by atoms with Crippen molar-refractivity contribution < 1.29 is 17.7 Å². The lowest BCUT2D eigenvalue weighted by Gasteiger charge is -2.35. The Hall–Kier alpha value is -12.4. The Morgan fingerprint density at radius 2 is 0.285 bits per heavy atom. The molecule has 123 heavy (non-hydrogen) atoms. The number of hydrogen-bond acceptors (Lipinski definition) is 4. The molecule has 0 spiro atoms. The third-order valence-corrected chi connectivity index (χ3v) is 39.9. The van der Waals surface area contributed by atoms with Gasteiger partial charge in [0.05, 0.1) is 0 Å². The number of hydrogen-bond donors (Lipinski definition) is 0. The van der Waals surface area contributed by atoms with E-state index < -0.39 is 33.3 Å². The van der Waals surface area contributed by atoms with Crippen molar-refractivity contribution in [1.29, 1.82) is 0 Å². The molecule has 0 radical (unpaired) electrons. The lowest BCUT2D eigenvalue weighted by Crippen LogP contribution is -2.50. The standard InChI is InChI=1S/C115H112O4Si4/c1-90-73-106(65-69-112(90)116-120(78-94-41-17-5-18-42-94,79-95-43-19-6-20-44-95)80-96-45-21-7-22-46-96)110(107-66-70-113(91(2)74-107)117-121(81-97-47-23-8-24-48-97,82-98-49-25-9-26-50-98)83-99-51-27-10-28-52-99)77-111(108-67-71-114(92(3)75-108)118-122(84-100-53-29-11-30-54-100,85-101-55-31-12-32-56-101)86-102-57-33-13-34-58-102)109-68-72-115(93(4)76-109)119-123(87-103-59-35-14-36-60-103,88-104-61-37-15-38-62-104)89-105-63-39-16-40-64-105/h5-76,110-111H,77-89H2,1-4H3. The van der Waals surface area contributed by atoms with Crippen LogP contribution in [0, 0.1) is 27.7 Å². The molecule has 612 valence electrons. The highest BCUT2D eigenvalue weighted by Gasteiger charge is 2.44. The van der Waals surface area contributed by atoms with Crippen LogP contribution in [0.5, 0.6) is 23.0 Å². The third-order valence-electron chi connectivity index (χ3n) is 24.6. The zero-order chi connectivity index (χ0) is 83.9. The maximum absolute atomic E-state index is 8.04. The van der Waals surface area contributed by atoms with Gasteiger partial charge in [-0.3, -0.25) is 0 Å². The van der Waals surface area contributed by atoms with E-state index in [2.05, 4.69) is 464 Å². The summed E-state index contributed by atoms with van der Waals surface area (Å²) in [5.74, 6) is 3.50. The predicted octanol–water partition coefficient (Wildman–Crippen LogP) is 27.0. The van der Waals surface area contributed by atoms with Gasteiger partial charge >= 0.3 is 0 Å². The highest BCUT2D eigenvalue weighted by molar-refractivity contribution is 6.74. The van der Waals surface area contributed by atoms with Crippen LogP contribution < -0.4 is 17.7 Å². The van der Waals surface area contributed by atoms with Crippen LogP contribution in [0.15, 0.2) is 437 Å². The summed E-state index contributed by atoms with van der Waals surface area (Å²) in [5, 5.41) is 0. The first-order valence-corrected chi connectivity index (χ1v) is 54.1. The second-order valence-electron chi connectivity index (χ2n) is 34.5. The Labute approximate surface area is 735 Å². The van der Waals surface area contributed by atoms with Gasteiger partial charge in [-0.15, -0.1) is 0 Å². The van der Waals surface area contributed by atoms with E-state index in [1.165, 1.54) is 89.0 Å².